The van der Waals surface area contributed by atoms with Crippen LogP contribution in [0.3, 0.4) is 0 Å². The molecule has 2 bridgehead atoms. The van der Waals surface area contributed by atoms with Gasteiger partial charge in [0.1, 0.15) is 17.4 Å². The van der Waals surface area contributed by atoms with Crippen molar-refractivity contribution >= 4 is 28.4 Å². The van der Waals surface area contributed by atoms with E-state index >= 15 is 0 Å². The van der Waals surface area contributed by atoms with Crippen molar-refractivity contribution in [1.29, 1.82) is 0 Å². The zero-order chi connectivity index (χ0) is 25.4. The molecule has 2 amide bonds. The lowest BCUT2D eigenvalue weighted by Gasteiger charge is -2.52. The third-order valence-electron chi connectivity index (χ3n) is 7.39. The highest BCUT2D eigenvalue weighted by molar-refractivity contribution is 6.01. The van der Waals surface area contributed by atoms with Gasteiger partial charge in [0.15, 0.2) is 5.72 Å². The van der Waals surface area contributed by atoms with Crippen molar-refractivity contribution in [2.24, 2.45) is 11.7 Å². The number of para-hydroxylation sites is 1. The maximum absolute atomic E-state index is 13.5. The maximum atomic E-state index is 13.5. The number of primary amides is 1. The van der Waals surface area contributed by atoms with Gasteiger partial charge in [-0.3, -0.25) is 14.6 Å². The minimum absolute atomic E-state index is 0.114. The van der Waals surface area contributed by atoms with Crippen molar-refractivity contribution < 1.29 is 19.1 Å². The molecule has 4 atom stereocenters. The average Bonchev–Trinajstić information content (AvgIpc) is 2.85. The number of hydrogen-bond donors (Lipinski definition) is 2. The summed E-state index contributed by atoms with van der Waals surface area (Å²) < 4.78 is 11.8. The molecule has 8 heteroatoms. The van der Waals surface area contributed by atoms with Crippen molar-refractivity contribution in [2.45, 2.75) is 50.8 Å². The molecule has 3 N–H and O–H groups in total. The third kappa shape index (κ3) is 4.21. The van der Waals surface area contributed by atoms with Crippen LogP contribution in [0.2, 0.25) is 0 Å². The number of rotatable bonds is 8. The Bertz CT molecular complexity index is 1310. The van der Waals surface area contributed by atoms with Crippen LogP contribution in [-0.2, 0) is 9.59 Å². The summed E-state index contributed by atoms with van der Waals surface area (Å²) in [4.78, 5) is 32.1. The Balaban J connectivity index is 1.30. The Morgan fingerprint density at radius 1 is 1.31 bits per heavy atom. The number of methoxy groups -OCH3 is 1. The fraction of sp³-hybridized carbons (Fsp3) is 0.393. The third-order valence-corrected chi connectivity index (χ3v) is 7.39. The van der Waals surface area contributed by atoms with E-state index in [4.69, 9.17) is 15.2 Å². The number of fused-ring (bicyclic) bond motifs is 5. The lowest BCUT2D eigenvalue weighted by molar-refractivity contribution is -0.175. The number of ether oxygens (including phenoxy) is 2. The maximum Gasteiger partial charge on any atom is 0.238 e. The van der Waals surface area contributed by atoms with Crippen LogP contribution in [0.15, 0.2) is 54.7 Å². The number of nitrogens with two attached hydrogens (primary N) is 1. The van der Waals surface area contributed by atoms with Crippen LogP contribution in [0, 0.1) is 5.92 Å². The first-order valence-corrected chi connectivity index (χ1v) is 12.4. The molecule has 2 aliphatic rings. The van der Waals surface area contributed by atoms with Gasteiger partial charge in [0.2, 0.25) is 11.8 Å². The summed E-state index contributed by atoms with van der Waals surface area (Å²) in [6.07, 6.45) is 3.84. The van der Waals surface area contributed by atoms with E-state index in [9.17, 15) is 9.59 Å². The first-order valence-electron chi connectivity index (χ1n) is 12.4. The number of nitrogens with zero attached hydrogens (tertiary/aromatic N) is 2. The highest BCUT2D eigenvalue weighted by atomic mass is 16.5. The minimum atomic E-state index is -0.882. The van der Waals surface area contributed by atoms with E-state index in [1.807, 2.05) is 55.5 Å². The highest BCUT2D eigenvalue weighted by Gasteiger charge is 2.55. The normalized spacial score (nSPS) is 23.5. The molecule has 1 fully saturated rings. The number of benzene rings is 2. The first-order chi connectivity index (χ1) is 17.3. The average molecular weight is 489 g/mol. The summed E-state index contributed by atoms with van der Waals surface area (Å²) in [6, 6.07) is 15.6. The highest BCUT2D eigenvalue weighted by Crippen LogP contribution is 2.50. The predicted molar refractivity (Wildman–Crippen MR) is 138 cm³/mol. The van der Waals surface area contributed by atoms with E-state index < -0.39 is 17.6 Å². The van der Waals surface area contributed by atoms with Gasteiger partial charge >= 0.3 is 0 Å². The van der Waals surface area contributed by atoms with Crippen LogP contribution in [0.1, 0.15) is 44.6 Å². The first kappa shape index (κ1) is 23.9. The van der Waals surface area contributed by atoms with Crippen molar-refractivity contribution in [1.82, 2.24) is 9.88 Å². The van der Waals surface area contributed by atoms with Crippen molar-refractivity contribution in [3.05, 3.63) is 60.3 Å². The van der Waals surface area contributed by atoms with Gasteiger partial charge in [-0.15, -0.1) is 0 Å². The molecule has 3 aromatic rings. The summed E-state index contributed by atoms with van der Waals surface area (Å²) >= 11 is 0. The van der Waals surface area contributed by atoms with Crippen molar-refractivity contribution in [2.75, 3.05) is 19.0 Å². The van der Waals surface area contributed by atoms with Gasteiger partial charge in [-0.05, 0) is 50.5 Å². The topological polar surface area (TPSA) is 107 Å². The second-order valence-corrected chi connectivity index (χ2v) is 9.93. The van der Waals surface area contributed by atoms with Crippen LogP contribution < -0.4 is 20.5 Å². The second-order valence-electron chi connectivity index (χ2n) is 9.93. The second kappa shape index (κ2) is 9.33. The fourth-order valence-corrected chi connectivity index (χ4v) is 5.66. The Morgan fingerprint density at radius 2 is 2.11 bits per heavy atom. The molecule has 2 aliphatic heterocycles. The zero-order valence-corrected chi connectivity index (χ0v) is 20.9. The van der Waals surface area contributed by atoms with Gasteiger partial charge in [-0.2, -0.15) is 0 Å². The molecule has 36 heavy (non-hydrogen) atoms. The molecular weight excluding hydrogens is 456 g/mol. The Morgan fingerprint density at radius 3 is 2.89 bits per heavy atom. The molecular formula is C28H32N4O4. The van der Waals surface area contributed by atoms with Gasteiger partial charge in [-0.1, -0.05) is 24.3 Å². The fourth-order valence-electron chi connectivity index (χ4n) is 5.66. The van der Waals surface area contributed by atoms with Gasteiger partial charge in [0, 0.05) is 42.6 Å². The summed E-state index contributed by atoms with van der Waals surface area (Å²) in [5.41, 5.74) is 7.59. The molecule has 1 saturated heterocycles. The number of carbonyl (C=O) groups is 2. The van der Waals surface area contributed by atoms with E-state index in [2.05, 4.69) is 17.2 Å². The summed E-state index contributed by atoms with van der Waals surface area (Å²) in [5.74, 6) is -0.504. The van der Waals surface area contributed by atoms with E-state index in [1.54, 1.807) is 18.2 Å². The van der Waals surface area contributed by atoms with E-state index in [0.29, 0.717) is 18.7 Å². The van der Waals surface area contributed by atoms with Crippen LogP contribution in [0.25, 0.3) is 10.9 Å². The van der Waals surface area contributed by atoms with E-state index in [0.717, 1.165) is 40.7 Å². The zero-order valence-electron chi connectivity index (χ0n) is 20.9. The van der Waals surface area contributed by atoms with Crippen LogP contribution >= 0.6 is 0 Å². The molecule has 188 valence electrons. The van der Waals surface area contributed by atoms with Gasteiger partial charge < -0.3 is 25.4 Å². The smallest absolute Gasteiger partial charge is 0.238 e. The van der Waals surface area contributed by atoms with Crippen LogP contribution in [-0.4, -0.2) is 47.1 Å². The number of piperidine rings is 1. The lowest BCUT2D eigenvalue weighted by Crippen LogP contribution is -2.64. The number of anilines is 1. The molecule has 0 aliphatic carbocycles. The molecule has 2 aromatic carbocycles. The Hall–Kier alpha value is -3.81. The number of carbonyl (C=O) groups excluding carboxylic acids is 2. The summed E-state index contributed by atoms with van der Waals surface area (Å²) in [6.45, 7) is 4.50. The minimum Gasteiger partial charge on any atom is -0.497 e. The number of likely N-dealkylation sites (tertiary alicyclic amines) is 1. The van der Waals surface area contributed by atoms with Gasteiger partial charge in [0.05, 0.1) is 18.3 Å². The number of pyridine rings is 1. The largest absolute Gasteiger partial charge is 0.497 e. The van der Waals surface area contributed by atoms with Gasteiger partial charge in [0.25, 0.3) is 0 Å². The van der Waals surface area contributed by atoms with Gasteiger partial charge in [-0.25, -0.2) is 0 Å². The Kier molecular flexibility index (Phi) is 6.20. The quantitative estimate of drug-likeness (QED) is 0.463. The molecule has 8 nitrogen and oxygen atoms in total. The van der Waals surface area contributed by atoms with E-state index in [1.165, 1.54) is 0 Å². The lowest BCUT2D eigenvalue weighted by atomic mass is 9.73. The van der Waals surface area contributed by atoms with E-state index in [-0.39, 0.29) is 17.9 Å². The summed E-state index contributed by atoms with van der Waals surface area (Å²) in [7, 11) is 1.65. The Labute approximate surface area is 210 Å². The standard InChI is InChI=1S/C28H32N4O4/c1-17(31-22-15-19(35-3)14-18-9-6-12-30-25(18)22)8-7-13-32-27(34)24(26(29)33)21-16-28(32,2)36-23-11-5-4-10-20(21)23/h4-6,9-12,14-15,17,21,24,31H,7-8,13,16H2,1-3H3,(H2,29,33)/t17-,21-,24+,28+/m0/s1. The SMILES string of the molecule is COc1cc(N[C@@H](C)CCCN2C(=O)[C@@H](C(N)=O)[C@H]3C[C@@]2(C)Oc2ccccc23)c2ncccc2c1. The molecule has 0 saturated carbocycles. The molecule has 0 unspecified atom stereocenters. The van der Waals surface area contributed by atoms with Crippen molar-refractivity contribution in [3.63, 3.8) is 0 Å². The summed E-state index contributed by atoms with van der Waals surface area (Å²) in [5, 5.41) is 4.55. The number of hydrogen-bond acceptors (Lipinski definition) is 6. The monoisotopic (exact) mass is 488 g/mol. The molecule has 5 rings (SSSR count). The number of nitrogens with one attached hydrogen (secondary N) is 1. The van der Waals surface area contributed by atoms with Crippen LogP contribution in [0.4, 0.5) is 5.69 Å². The molecule has 0 spiro atoms. The molecule has 0 radical (unpaired) electrons. The number of aromatic nitrogens is 1. The molecule has 1 aromatic heterocycles. The van der Waals surface area contributed by atoms with Crippen LogP contribution in [0.5, 0.6) is 11.5 Å². The predicted octanol–water partition coefficient (Wildman–Crippen LogP) is 4.05. The van der Waals surface area contributed by atoms with Crippen molar-refractivity contribution in [3.8, 4) is 11.5 Å². The molecule has 3 heterocycles. The number of amides is 2.